The highest BCUT2D eigenvalue weighted by atomic mass is 79.9. The number of anilines is 2. The van der Waals surface area contributed by atoms with Crippen LogP contribution in [0.3, 0.4) is 0 Å². The minimum Gasteiger partial charge on any atom is -0.376 e. The van der Waals surface area contributed by atoms with E-state index >= 15 is 0 Å². The molecule has 0 unspecified atom stereocenters. The molecule has 0 saturated carbocycles. The standard InChI is InChI=1S/C16H18BrN3O3S/c1-20(2)13-5-8-15(18-11-13)19-16(21)9-10-24(22,23)14-6-3-12(17)4-7-14/h3-8,11H,9-10H2,1-2H3,(H,18,19,21). The highest BCUT2D eigenvalue weighted by Crippen LogP contribution is 2.17. The first kappa shape index (κ1) is 18.4. The largest absolute Gasteiger partial charge is 0.376 e. The van der Waals surface area contributed by atoms with Crippen molar-refractivity contribution in [2.45, 2.75) is 11.3 Å². The van der Waals surface area contributed by atoms with Crippen molar-refractivity contribution < 1.29 is 13.2 Å². The molecule has 1 aromatic heterocycles. The van der Waals surface area contributed by atoms with Crippen LogP contribution in [0.25, 0.3) is 0 Å². The Morgan fingerprint density at radius 3 is 2.38 bits per heavy atom. The second kappa shape index (κ2) is 7.76. The Kier molecular flexibility index (Phi) is 5.95. The number of nitrogens with one attached hydrogen (secondary N) is 1. The Morgan fingerprint density at radius 2 is 1.83 bits per heavy atom. The summed E-state index contributed by atoms with van der Waals surface area (Å²) in [6.07, 6.45) is 1.50. The number of sulfone groups is 1. The second-order valence-electron chi connectivity index (χ2n) is 5.37. The van der Waals surface area contributed by atoms with Crippen LogP contribution < -0.4 is 10.2 Å². The van der Waals surface area contributed by atoms with Gasteiger partial charge in [0, 0.05) is 25.0 Å². The lowest BCUT2D eigenvalue weighted by Crippen LogP contribution is -2.18. The first-order valence-corrected chi connectivity index (χ1v) is 9.64. The molecule has 2 rings (SSSR count). The van der Waals surface area contributed by atoms with Gasteiger partial charge in [-0.1, -0.05) is 15.9 Å². The number of halogens is 1. The molecule has 0 radical (unpaired) electrons. The van der Waals surface area contributed by atoms with Gasteiger partial charge in [-0.2, -0.15) is 0 Å². The normalized spacial score (nSPS) is 11.1. The van der Waals surface area contributed by atoms with Crippen molar-refractivity contribution >= 4 is 43.2 Å². The van der Waals surface area contributed by atoms with Gasteiger partial charge in [0.25, 0.3) is 0 Å². The Labute approximate surface area is 149 Å². The molecule has 1 aromatic carbocycles. The SMILES string of the molecule is CN(C)c1ccc(NC(=O)CCS(=O)(=O)c2ccc(Br)cc2)nc1. The van der Waals surface area contributed by atoms with Crippen LogP contribution in [0.1, 0.15) is 6.42 Å². The van der Waals surface area contributed by atoms with Gasteiger partial charge in [-0.3, -0.25) is 4.79 Å². The summed E-state index contributed by atoms with van der Waals surface area (Å²) in [6, 6.07) is 9.84. The van der Waals surface area contributed by atoms with Crippen LogP contribution >= 0.6 is 15.9 Å². The average molecular weight is 412 g/mol. The zero-order chi connectivity index (χ0) is 17.7. The van der Waals surface area contributed by atoms with E-state index in [1.165, 1.54) is 12.1 Å². The maximum absolute atomic E-state index is 12.2. The molecule has 0 aliphatic rings. The van der Waals surface area contributed by atoms with Crippen LogP contribution in [0.15, 0.2) is 52.0 Å². The van der Waals surface area contributed by atoms with Crippen molar-refractivity contribution in [3.8, 4) is 0 Å². The third kappa shape index (κ3) is 5.04. The lowest BCUT2D eigenvalue weighted by atomic mass is 10.3. The van der Waals surface area contributed by atoms with Crippen molar-refractivity contribution in [1.82, 2.24) is 4.98 Å². The average Bonchev–Trinajstić information content (AvgIpc) is 2.54. The van der Waals surface area contributed by atoms with Crippen LogP contribution in [-0.2, 0) is 14.6 Å². The number of hydrogen-bond donors (Lipinski definition) is 1. The smallest absolute Gasteiger partial charge is 0.226 e. The van der Waals surface area contributed by atoms with Crippen molar-refractivity contribution in [3.05, 3.63) is 47.1 Å². The number of aromatic nitrogens is 1. The van der Waals surface area contributed by atoms with E-state index in [1.54, 1.807) is 24.4 Å². The van der Waals surface area contributed by atoms with Gasteiger partial charge in [-0.15, -0.1) is 0 Å². The van der Waals surface area contributed by atoms with E-state index in [2.05, 4.69) is 26.2 Å². The zero-order valence-electron chi connectivity index (χ0n) is 13.4. The van der Waals surface area contributed by atoms with E-state index in [9.17, 15) is 13.2 Å². The van der Waals surface area contributed by atoms with Crippen molar-refractivity contribution in [1.29, 1.82) is 0 Å². The molecule has 0 spiro atoms. The molecule has 24 heavy (non-hydrogen) atoms. The fraction of sp³-hybridized carbons (Fsp3) is 0.250. The summed E-state index contributed by atoms with van der Waals surface area (Å²) in [7, 11) is 0.291. The van der Waals surface area contributed by atoms with Gasteiger partial charge >= 0.3 is 0 Å². The van der Waals surface area contributed by atoms with Crippen molar-refractivity contribution in [3.63, 3.8) is 0 Å². The summed E-state index contributed by atoms with van der Waals surface area (Å²) in [4.78, 5) is 18.1. The molecule has 2 aromatic rings. The molecule has 0 atom stereocenters. The van der Waals surface area contributed by atoms with Gasteiger partial charge < -0.3 is 10.2 Å². The summed E-state index contributed by atoms with van der Waals surface area (Å²) < 4.78 is 25.2. The molecular weight excluding hydrogens is 394 g/mol. The molecule has 6 nitrogen and oxygen atoms in total. The number of carbonyl (C=O) groups excluding carboxylic acids is 1. The maximum atomic E-state index is 12.2. The van der Waals surface area contributed by atoms with E-state index in [0.717, 1.165) is 10.2 Å². The Bertz CT molecular complexity index is 803. The summed E-state index contributed by atoms with van der Waals surface area (Å²) in [5, 5.41) is 2.60. The maximum Gasteiger partial charge on any atom is 0.226 e. The van der Waals surface area contributed by atoms with Gasteiger partial charge in [0.2, 0.25) is 5.91 Å². The van der Waals surface area contributed by atoms with Gasteiger partial charge in [0.05, 0.1) is 22.5 Å². The van der Waals surface area contributed by atoms with E-state index in [1.807, 2.05) is 25.1 Å². The summed E-state index contributed by atoms with van der Waals surface area (Å²) in [6.45, 7) is 0. The topological polar surface area (TPSA) is 79.4 Å². The van der Waals surface area contributed by atoms with E-state index in [-0.39, 0.29) is 23.0 Å². The van der Waals surface area contributed by atoms with Crippen molar-refractivity contribution in [2.24, 2.45) is 0 Å². The molecule has 0 aliphatic carbocycles. The number of hydrogen-bond acceptors (Lipinski definition) is 5. The van der Waals surface area contributed by atoms with Crippen LogP contribution in [0.2, 0.25) is 0 Å². The van der Waals surface area contributed by atoms with E-state index in [0.29, 0.717) is 5.82 Å². The fourth-order valence-corrected chi connectivity index (χ4v) is 3.42. The van der Waals surface area contributed by atoms with Crippen LogP contribution in [0, 0.1) is 0 Å². The number of pyridine rings is 1. The quantitative estimate of drug-likeness (QED) is 0.790. The minimum absolute atomic E-state index is 0.129. The zero-order valence-corrected chi connectivity index (χ0v) is 15.8. The number of benzene rings is 1. The molecule has 8 heteroatoms. The third-order valence-electron chi connectivity index (χ3n) is 3.30. The molecule has 128 valence electrons. The monoisotopic (exact) mass is 411 g/mol. The molecule has 0 saturated heterocycles. The van der Waals surface area contributed by atoms with Crippen molar-refractivity contribution in [2.75, 3.05) is 30.1 Å². The van der Waals surface area contributed by atoms with Crippen LogP contribution in [0.5, 0.6) is 0 Å². The second-order valence-corrected chi connectivity index (χ2v) is 8.39. The molecule has 1 amide bonds. The summed E-state index contributed by atoms with van der Waals surface area (Å²) in [5.41, 5.74) is 0.908. The lowest BCUT2D eigenvalue weighted by Gasteiger charge is -2.12. The number of carbonyl (C=O) groups is 1. The number of amides is 1. The minimum atomic E-state index is -3.49. The highest BCUT2D eigenvalue weighted by Gasteiger charge is 2.16. The van der Waals surface area contributed by atoms with Gasteiger partial charge in [0.1, 0.15) is 5.82 Å². The Balaban J connectivity index is 1.93. The van der Waals surface area contributed by atoms with E-state index < -0.39 is 9.84 Å². The Morgan fingerprint density at radius 1 is 1.17 bits per heavy atom. The van der Waals surface area contributed by atoms with Gasteiger partial charge in [-0.25, -0.2) is 13.4 Å². The predicted molar refractivity (Wildman–Crippen MR) is 98.0 cm³/mol. The predicted octanol–water partition coefficient (Wildman–Crippen LogP) is 2.71. The molecule has 0 aliphatic heterocycles. The van der Waals surface area contributed by atoms with E-state index in [4.69, 9.17) is 0 Å². The van der Waals surface area contributed by atoms with Gasteiger partial charge in [-0.05, 0) is 36.4 Å². The molecule has 1 heterocycles. The molecule has 0 fully saturated rings. The third-order valence-corrected chi connectivity index (χ3v) is 5.56. The molecule has 1 N–H and O–H groups in total. The summed E-state index contributed by atoms with van der Waals surface area (Å²) >= 11 is 3.26. The number of nitrogens with zero attached hydrogens (tertiary/aromatic N) is 2. The Hall–Kier alpha value is -1.93. The number of rotatable bonds is 6. The van der Waals surface area contributed by atoms with Crippen LogP contribution in [-0.4, -0.2) is 39.2 Å². The fourth-order valence-electron chi connectivity index (χ4n) is 1.92. The first-order chi connectivity index (χ1) is 11.3. The first-order valence-electron chi connectivity index (χ1n) is 7.19. The molecule has 0 bridgehead atoms. The van der Waals surface area contributed by atoms with Crippen LogP contribution in [0.4, 0.5) is 11.5 Å². The lowest BCUT2D eigenvalue weighted by molar-refractivity contribution is -0.115. The highest BCUT2D eigenvalue weighted by molar-refractivity contribution is 9.10. The summed E-state index contributed by atoms with van der Waals surface area (Å²) in [5.74, 6) is -0.247. The molecular formula is C16H18BrN3O3S. The van der Waals surface area contributed by atoms with Gasteiger partial charge in [0.15, 0.2) is 9.84 Å².